The topological polar surface area (TPSA) is 145 Å². The van der Waals surface area contributed by atoms with Crippen LogP contribution in [-0.2, 0) is 17.9 Å². The van der Waals surface area contributed by atoms with Crippen molar-refractivity contribution < 1.29 is 15.2 Å². The molecule has 0 spiro atoms. The van der Waals surface area contributed by atoms with Crippen molar-refractivity contribution in [3.63, 3.8) is 0 Å². The highest BCUT2D eigenvalue weighted by atomic mass is 16.8. The molecule has 0 radical (unpaired) electrons. The number of para-hydroxylation sites is 1. The number of quaternary nitrogens is 1. The molecule has 4 heterocycles. The highest BCUT2D eigenvalue weighted by molar-refractivity contribution is 5.79. The van der Waals surface area contributed by atoms with Crippen molar-refractivity contribution in [1.82, 2.24) is 19.0 Å². The lowest BCUT2D eigenvalue weighted by Gasteiger charge is -2.42. The number of amides is 1. The van der Waals surface area contributed by atoms with E-state index < -0.39 is 22.0 Å². The molecule has 0 aliphatic carbocycles. The molecule has 2 aromatic heterocycles. The second-order valence-electron chi connectivity index (χ2n) is 8.36. The summed E-state index contributed by atoms with van der Waals surface area (Å²) in [4.78, 5) is 55.0. The number of carbonyl (C=O) groups is 1. The molecule has 3 unspecified atom stereocenters. The Hall–Kier alpha value is -3.54. The van der Waals surface area contributed by atoms with Crippen LogP contribution < -0.4 is 22.0 Å². The van der Waals surface area contributed by atoms with Gasteiger partial charge < -0.3 is 19.7 Å². The van der Waals surface area contributed by atoms with Crippen LogP contribution in [0.5, 0.6) is 0 Å². The molecule has 11 heteroatoms. The van der Waals surface area contributed by atoms with Crippen molar-refractivity contribution >= 4 is 22.5 Å². The van der Waals surface area contributed by atoms with E-state index in [1.165, 1.54) is 10.6 Å². The minimum Gasteiger partial charge on any atom is -0.595 e. The first kappa shape index (κ1) is 20.4. The van der Waals surface area contributed by atoms with Gasteiger partial charge in [0.2, 0.25) is 11.6 Å². The van der Waals surface area contributed by atoms with Crippen LogP contribution in [0.3, 0.4) is 0 Å². The van der Waals surface area contributed by atoms with Crippen LogP contribution in [0.25, 0.3) is 10.9 Å². The van der Waals surface area contributed by atoms with E-state index in [2.05, 4.69) is 4.98 Å². The third kappa shape index (κ3) is 3.27. The Morgan fingerprint density at radius 2 is 1.88 bits per heavy atom. The summed E-state index contributed by atoms with van der Waals surface area (Å²) in [7, 11) is 0. The molecule has 2 aliphatic heterocycles. The smallest absolute Gasteiger partial charge is 0.329 e. The summed E-state index contributed by atoms with van der Waals surface area (Å²) in [6, 6.07) is 9.58. The maximum absolute atomic E-state index is 13.0. The molecule has 3 atom stereocenters. The minimum absolute atomic E-state index is 0.0152. The van der Waals surface area contributed by atoms with Gasteiger partial charge in [0.05, 0.1) is 10.9 Å². The predicted molar refractivity (Wildman–Crippen MR) is 113 cm³/mol. The van der Waals surface area contributed by atoms with Crippen LogP contribution in [0.4, 0.5) is 5.69 Å². The Morgan fingerprint density at radius 1 is 1.09 bits per heavy atom. The van der Waals surface area contributed by atoms with E-state index in [9.17, 15) is 29.6 Å². The third-order valence-electron chi connectivity index (χ3n) is 6.37. The Morgan fingerprint density at radius 3 is 2.66 bits per heavy atom. The summed E-state index contributed by atoms with van der Waals surface area (Å²) in [6.45, 7) is 0.662. The second kappa shape index (κ2) is 7.55. The lowest BCUT2D eigenvalue weighted by molar-refractivity contribution is -0.992. The molecule has 5 rings (SSSR count). The van der Waals surface area contributed by atoms with Gasteiger partial charge in [0.15, 0.2) is 0 Å². The number of aromatic nitrogens is 3. The van der Waals surface area contributed by atoms with E-state index in [1.54, 1.807) is 35.2 Å². The number of hydrogen-bond acceptors (Lipinski definition) is 6. The fraction of sp³-hybridized carbons (Fsp3) is 0.333. The number of nitrogens with one attached hydrogen (secondary N) is 2. The molecule has 1 fully saturated rings. The van der Waals surface area contributed by atoms with Gasteiger partial charge >= 0.3 is 11.2 Å². The molecule has 1 aromatic carbocycles. The summed E-state index contributed by atoms with van der Waals surface area (Å²) in [5.74, 6) is -0.479. The summed E-state index contributed by atoms with van der Waals surface area (Å²) in [5.41, 5.74) is -0.836. The van der Waals surface area contributed by atoms with E-state index in [-0.39, 0.29) is 30.0 Å². The zero-order chi connectivity index (χ0) is 22.6. The maximum atomic E-state index is 13.0. The lowest BCUT2D eigenvalue weighted by atomic mass is 9.83. The standard InChI is InChI=1S/C21H21N5O6/c27-18(11-25-19(28)14-3-1-2-4-15(14)22-21(25)30)23-8-12-7-13(10-23)16-5-6-17(26(31)32)20(29)24(16)9-12/h1-6,12-13,26,31H,7-11H2,(H,22,30). The fourth-order valence-electron chi connectivity index (χ4n) is 4.89. The Balaban J connectivity index is 1.42. The van der Waals surface area contributed by atoms with Gasteiger partial charge in [-0.1, -0.05) is 12.1 Å². The van der Waals surface area contributed by atoms with Gasteiger partial charge in [-0.3, -0.25) is 19.0 Å². The number of likely N-dealkylation sites (tertiary alicyclic amines) is 1. The molecular formula is C21H21N5O6. The van der Waals surface area contributed by atoms with Crippen molar-refractivity contribution in [2.24, 2.45) is 5.92 Å². The first-order chi connectivity index (χ1) is 15.3. The molecule has 3 N–H and O–H groups in total. The molecule has 2 aliphatic rings. The molecule has 166 valence electrons. The summed E-state index contributed by atoms with van der Waals surface area (Å²) in [6.07, 6.45) is 0.784. The highest BCUT2D eigenvalue weighted by Gasteiger charge is 2.37. The first-order valence-electron chi connectivity index (χ1n) is 10.3. The normalized spacial score (nSPS) is 20.8. The zero-order valence-electron chi connectivity index (χ0n) is 17.0. The molecule has 32 heavy (non-hydrogen) atoms. The van der Waals surface area contributed by atoms with Gasteiger partial charge in [0.1, 0.15) is 6.54 Å². The maximum Gasteiger partial charge on any atom is 0.329 e. The molecule has 0 saturated carbocycles. The van der Waals surface area contributed by atoms with Gasteiger partial charge in [-0.05, 0) is 30.5 Å². The summed E-state index contributed by atoms with van der Waals surface area (Å²) >= 11 is 0. The van der Waals surface area contributed by atoms with Crippen molar-refractivity contribution in [2.45, 2.75) is 25.4 Å². The van der Waals surface area contributed by atoms with Crippen molar-refractivity contribution in [3.05, 3.63) is 78.5 Å². The largest absolute Gasteiger partial charge is 0.595 e. The van der Waals surface area contributed by atoms with Gasteiger partial charge in [0, 0.05) is 37.3 Å². The summed E-state index contributed by atoms with van der Waals surface area (Å²) < 4.78 is 2.41. The van der Waals surface area contributed by atoms with Crippen LogP contribution >= 0.6 is 0 Å². The molecule has 11 nitrogen and oxygen atoms in total. The van der Waals surface area contributed by atoms with E-state index in [1.807, 2.05) is 0 Å². The predicted octanol–water partition coefficient (Wildman–Crippen LogP) is -1.10. The number of hydrogen-bond donors (Lipinski definition) is 3. The number of benzene rings is 1. The Bertz CT molecular complexity index is 1400. The SMILES string of the molecule is O=C(Cn1c(=O)[nH]c2ccccc2c1=O)N1CC2CC(C1)c1ccc([NH+]([O-])O)c(=O)n1C2. The van der Waals surface area contributed by atoms with Crippen molar-refractivity contribution in [1.29, 1.82) is 0 Å². The second-order valence-corrected chi connectivity index (χ2v) is 8.36. The van der Waals surface area contributed by atoms with E-state index in [4.69, 9.17) is 0 Å². The van der Waals surface area contributed by atoms with E-state index in [0.717, 1.165) is 11.0 Å². The zero-order valence-corrected chi connectivity index (χ0v) is 17.0. The average molecular weight is 439 g/mol. The number of piperidine rings is 1. The van der Waals surface area contributed by atoms with Gasteiger partial charge in [-0.25, -0.2) is 10.0 Å². The number of nitrogens with zero attached hydrogens (tertiary/aromatic N) is 3. The third-order valence-corrected chi connectivity index (χ3v) is 6.37. The number of H-pyrrole nitrogens is 1. The number of fused-ring (bicyclic) bond motifs is 5. The first-order valence-corrected chi connectivity index (χ1v) is 10.3. The van der Waals surface area contributed by atoms with Crippen molar-refractivity contribution in [3.8, 4) is 0 Å². The van der Waals surface area contributed by atoms with Gasteiger partial charge in [0.25, 0.3) is 5.56 Å². The summed E-state index contributed by atoms with van der Waals surface area (Å²) in [5, 5.41) is 19.6. The molecule has 1 amide bonds. The van der Waals surface area contributed by atoms with Crippen LogP contribution in [0.15, 0.2) is 50.8 Å². The van der Waals surface area contributed by atoms with Crippen molar-refractivity contribution in [2.75, 3.05) is 13.1 Å². The van der Waals surface area contributed by atoms with Crippen LogP contribution in [-0.4, -0.2) is 43.2 Å². The van der Waals surface area contributed by atoms with E-state index in [0.29, 0.717) is 36.2 Å². The lowest BCUT2D eigenvalue weighted by Crippen LogP contribution is -3.00. The van der Waals surface area contributed by atoms with Crippen LogP contribution in [0.1, 0.15) is 18.0 Å². The van der Waals surface area contributed by atoms with E-state index >= 15 is 0 Å². The number of aromatic amines is 1. The average Bonchev–Trinajstić information content (AvgIpc) is 2.77. The van der Waals surface area contributed by atoms with Crippen LogP contribution in [0, 0.1) is 11.1 Å². The molecular weight excluding hydrogens is 418 g/mol. The minimum atomic E-state index is -1.26. The Labute approximate surface area is 180 Å². The Kier molecular flexibility index (Phi) is 4.81. The molecule has 3 aromatic rings. The number of rotatable bonds is 3. The molecule has 2 bridgehead atoms. The molecule has 1 saturated heterocycles. The van der Waals surface area contributed by atoms with Gasteiger partial charge in [-0.2, -0.15) is 5.23 Å². The van der Waals surface area contributed by atoms with Crippen LogP contribution in [0.2, 0.25) is 0 Å². The van der Waals surface area contributed by atoms with Gasteiger partial charge in [-0.15, -0.1) is 0 Å². The highest BCUT2D eigenvalue weighted by Crippen LogP contribution is 2.35. The quantitative estimate of drug-likeness (QED) is 0.442. The number of carbonyl (C=O) groups excluding carboxylic acids is 1. The monoisotopic (exact) mass is 439 g/mol. The number of pyridine rings is 1. The fourth-order valence-corrected chi connectivity index (χ4v) is 4.89.